The fourth-order valence-corrected chi connectivity index (χ4v) is 6.04. The lowest BCUT2D eigenvalue weighted by Gasteiger charge is -2.13. The van der Waals surface area contributed by atoms with Crippen LogP contribution in [0.1, 0.15) is 47.2 Å². The zero-order valence-electron chi connectivity index (χ0n) is 21.9. The first-order valence-corrected chi connectivity index (χ1v) is 14.1. The maximum atomic E-state index is 12.9. The molecule has 1 aromatic heterocycles. The summed E-state index contributed by atoms with van der Waals surface area (Å²) in [6.07, 6.45) is -2.66. The predicted octanol–water partition coefficient (Wildman–Crippen LogP) is 9.09. The van der Waals surface area contributed by atoms with Crippen LogP contribution in [0.15, 0.2) is 83.8 Å². The Morgan fingerprint density at radius 3 is 2.18 bits per heavy atom. The highest BCUT2D eigenvalue weighted by Gasteiger charge is 2.30. The minimum atomic E-state index is -4.36. The second kappa shape index (κ2) is 14.2. The van der Waals surface area contributed by atoms with Gasteiger partial charge < -0.3 is 9.84 Å². The number of thioether (sulfide) groups is 1. The van der Waals surface area contributed by atoms with Crippen LogP contribution >= 0.6 is 23.1 Å². The van der Waals surface area contributed by atoms with Crippen LogP contribution in [0.3, 0.4) is 0 Å². The van der Waals surface area contributed by atoms with Crippen LogP contribution in [0.5, 0.6) is 5.75 Å². The first kappa shape index (κ1) is 30.2. The normalized spacial score (nSPS) is 11.8. The van der Waals surface area contributed by atoms with E-state index in [9.17, 15) is 18.0 Å². The molecule has 0 aliphatic carbocycles. The topological polar surface area (TPSA) is 59.4 Å². The molecule has 1 N–H and O–H groups in total. The van der Waals surface area contributed by atoms with Gasteiger partial charge in [0.1, 0.15) is 10.8 Å². The molecule has 0 fully saturated rings. The van der Waals surface area contributed by atoms with E-state index in [0.717, 1.165) is 46.0 Å². The molecule has 0 spiro atoms. The molecule has 1 heterocycles. The molecular formula is C30H30F3NO3S2. The van der Waals surface area contributed by atoms with E-state index < -0.39 is 24.3 Å². The number of rotatable bonds is 9. The summed E-state index contributed by atoms with van der Waals surface area (Å²) >= 11 is 3.16. The summed E-state index contributed by atoms with van der Waals surface area (Å²) in [4.78, 5) is 17.6. The number of carbonyl (C=O) groups is 1. The van der Waals surface area contributed by atoms with Crippen LogP contribution in [0.2, 0.25) is 0 Å². The Balaban J connectivity index is 0.000000617. The van der Waals surface area contributed by atoms with E-state index in [0.29, 0.717) is 16.3 Å². The summed E-state index contributed by atoms with van der Waals surface area (Å²) in [6.45, 7) is 5.62. The third-order valence-corrected chi connectivity index (χ3v) is 8.11. The Bertz CT molecular complexity index is 1310. The van der Waals surface area contributed by atoms with Crippen LogP contribution in [0, 0.1) is 6.92 Å². The van der Waals surface area contributed by atoms with Gasteiger partial charge in [-0.05, 0) is 56.2 Å². The van der Waals surface area contributed by atoms with Gasteiger partial charge in [0.2, 0.25) is 0 Å². The molecule has 0 saturated carbocycles. The molecule has 206 valence electrons. The number of nitrogens with zero attached hydrogens (tertiary/aromatic N) is 1. The van der Waals surface area contributed by atoms with E-state index in [2.05, 4.69) is 13.8 Å². The van der Waals surface area contributed by atoms with E-state index in [1.165, 1.54) is 23.5 Å². The van der Waals surface area contributed by atoms with Crippen molar-refractivity contribution in [3.05, 3.63) is 101 Å². The van der Waals surface area contributed by atoms with Crippen molar-refractivity contribution >= 4 is 29.1 Å². The van der Waals surface area contributed by atoms with Crippen molar-refractivity contribution in [2.45, 2.75) is 49.9 Å². The number of halogens is 3. The summed E-state index contributed by atoms with van der Waals surface area (Å²) in [5.41, 5.74) is 1.81. The van der Waals surface area contributed by atoms with Crippen LogP contribution in [0.4, 0.5) is 13.2 Å². The number of aryl methyl sites for hydroxylation is 2. The zero-order chi connectivity index (χ0) is 28.4. The molecule has 1 unspecified atom stereocenters. The zero-order valence-corrected chi connectivity index (χ0v) is 23.5. The van der Waals surface area contributed by atoms with E-state index in [1.807, 2.05) is 55.5 Å². The molecule has 3 aromatic carbocycles. The second-order valence-electron chi connectivity index (χ2n) is 8.68. The van der Waals surface area contributed by atoms with Gasteiger partial charge in [0.05, 0.1) is 11.3 Å². The molecular weight excluding hydrogens is 543 g/mol. The van der Waals surface area contributed by atoms with Crippen LogP contribution in [-0.4, -0.2) is 22.7 Å². The average Bonchev–Trinajstić information content (AvgIpc) is 3.33. The van der Waals surface area contributed by atoms with Crippen molar-refractivity contribution < 1.29 is 27.8 Å². The SMILES string of the molecule is CCCc1nc(-c2ccc(C(F)(F)F)cc2)sc1C(C)Sc1ccc(OCC(=O)O)c(C)c1.c1ccccc1. The van der Waals surface area contributed by atoms with Gasteiger partial charge in [-0.1, -0.05) is 61.9 Å². The molecule has 4 aromatic rings. The van der Waals surface area contributed by atoms with Crippen molar-refractivity contribution in [2.75, 3.05) is 6.61 Å². The largest absolute Gasteiger partial charge is 0.482 e. The highest BCUT2D eigenvalue weighted by atomic mass is 32.2. The summed E-state index contributed by atoms with van der Waals surface area (Å²) in [6, 6.07) is 22.7. The molecule has 9 heteroatoms. The number of ether oxygens (including phenoxy) is 1. The van der Waals surface area contributed by atoms with Gasteiger partial charge in [-0.25, -0.2) is 9.78 Å². The highest BCUT2D eigenvalue weighted by Crippen LogP contribution is 2.43. The van der Waals surface area contributed by atoms with Crippen LogP contribution in [0.25, 0.3) is 10.6 Å². The Morgan fingerprint density at radius 2 is 1.67 bits per heavy atom. The molecule has 1 atom stereocenters. The lowest BCUT2D eigenvalue weighted by Crippen LogP contribution is -2.10. The molecule has 4 nitrogen and oxygen atoms in total. The molecule has 0 radical (unpaired) electrons. The second-order valence-corrected chi connectivity index (χ2v) is 11.1. The maximum absolute atomic E-state index is 12.9. The van der Waals surface area contributed by atoms with Gasteiger partial charge in [0.15, 0.2) is 6.61 Å². The molecule has 0 aliphatic rings. The maximum Gasteiger partial charge on any atom is 0.416 e. The van der Waals surface area contributed by atoms with Crippen molar-refractivity contribution in [1.82, 2.24) is 4.98 Å². The molecule has 39 heavy (non-hydrogen) atoms. The lowest BCUT2D eigenvalue weighted by molar-refractivity contribution is -0.139. The quantitative estimate of drug-likeness (QED) is 0.202. The first-order valence-electron chi connectivity index (χ1n) is 12.4. The van der Waals surface area contributed by atoms with Crippen LogP contribution < -0.4 is 4.74 Å². The number of alkyl halides is 3. The third kappa shape index (κ3) is 9.14. The Labute approximate surface area is 234 Å². The van der Waals surface area contributed by atoms with Gasteiger partial charge in [-0.2, -0.15) is 13.2 Å². The Morgan fingerprint density at radius 1 is 1.05 bits per heavy atom. The summed E-state index contributed by atoms with van der Waals surface area (Å²) < 4.78 is 43.9. The van der Waals surface area contributed by atoms with E-state index in [1.54, 1.807) is 17.8 Å². The van der Waals surface area contributed by atoms with Crippen molar-refractivity contribution in [3.8, 4) is 16.3 Å². The molecule has 4 rings (SSSR count). The number of thiazole rings is 1. The summed E-state index contributed by atoms with van der Waals surface area (Å²) in [5, 5.41) is 9.58. The number of benzene rings is 3. The average molecular weight is 574 g/mol. The van der Waals surface area contributed by atoms with Gasteiger partial charge in [0, 0.05) is 20.6 Å². The number of aliphatic carboxylic acids is 1. The Hall–Kier alpha value is -3.30. The molecule has 0 saturated heterocycles. The lowest BCUT2D eigenvalue weighted by atomic mass is 10.1. The third-order valence-electron chi connectivity index (χ3n) is 5.52. The van der Waals surface area contributed by atoms with Gasteiger partial charge in [-0.3, -0.25) is 0 Å². The number of aromatic nitrogens is 1. The number of hydrogen-bond donors (Lipinski definition) is 1. The first-order chi connectivity index (χ1) is 18.6. The summed E-state index contributed by atoms with van der Waals surface area (Å²) in [5.74, 6) is -0.498. The van der Waals surface area contributed by atoms with Crippen molar-refractivity contribution in [3.63, 3.8) is 0 Å². The van der Waals surface area contributed by atoms with Crippen molar-refractivity contribution in [2.24, 2.45) is 0 Å². The molecule has 0 amide bonds. The predicted molar refractivity (Wildman–Crippen MR) is 152 cm³/mol. The highest BCUT2D eigenvalue weighted by molar-refractivity contribution is 7.99. The standard InChI is InChI=1S/C24H24F3NO3S2.C6H6/c1-4-5-19-22(33-23(28-19)16-6-8-17(9-7-16)24(25,26)27)15(3)32-18-10-11-20(14(2)12-18)31-13-21(29)30;1-2-4-6-5-3-1/h6-12,15H,4-5,13H2,1-3H3,(H,29,30);1-6H. The number of hydrogen-bond acceptors (Lipinski definition) is 5. The Kier molecular flexibility index (Phi) is 11.0. The monoisotopic (exact) mass is 573 g/mol. The van der Waals surface area contributed by atoms with E-state index in [4.69, 9.17) is 14.8 Å². The smallest absolute Gasteiger partial charge is 0.416 e. The van der Waals surface area contributed by atoms with Gasteiger partial charge in [0.25, 0.3) is 0 Å². The summed E-state index contributed by atoms with van der Waals surface area (Å²) in [7, 11) is 0. The molecule has 0 aliphatic heterocycles. The van der Waals surface area contributed by atoms with E-state index >= 15 is 0 Å². The van der Waals surface area contributed by atoms with Crippen molar-refractivity contribution in [1.29, 1.82) is 0 Å². The minimum absolute atomic E-state index is 0.0810. The van der Waals surface area contributed by atoms with Gasteiger partial charge in [-0.15, -0.1) is 23.1 Å². The number of carboxylic acid groups (broad SMARTS) is 1. The minimum Gasteiger partial charge on any atom is -0.482 e. The fraction of sp³-hybridized carbons (Fsp3) is 0.267. The fourth-order valence-electron chi connectivity index (χ4n) is 3.66. The number of carboxylic acids is 1. The van der Waals surface area contributed by atoms with Crippen LogP contribution in [-0.2, 0) is 17.4 Å². The van der Waals surface area contributed by atoms with E-state index in [-0.39, 0.29) is 5.25 Å². The molecule has 0 bridgehead atoms. The van der Waals surface area contributed by atoms with Gasteiger partial charge >= 0.3 is 12.1 Å².